The standard InChI is InChI=1S/C25H28N6O4.ClH/c1-2-34-16-17-7-5-8-18(15-17)23-28-22(35-31-23)12-11-21(32)26-13-6-14-27-24-19-9-3-4-10-20(19)25(33)30-29-24;/h3-5,7-10,15,20,27H,2,6,11-14,16H2,1H3,(H,26,32);1H. The molecule has 1 aromatic carbocycles. The zero-order valence-corrected chi connectivity index (χ0v) is 20.8. The third-order valence-electron chi connectivity index (χ3n) is 5.47. The molecule has 2 N–H and O–H groups in total. The number of benzene rings is 1. The van der Waals surface area contributed by atoms with E-state index in [1.807, 2.05) is 55.5 Å². The van der Waals surface area contributed by atoms with Gasteiger partial charge in [0.15, 0.2) is 5.82 Å². The number of nitrogens with one attached hydrogen (secondary N) is 2. The summed E-state index contributed by atoms with van der Waals surface area (Å²) in [4.78, 5) is 28.4. The number of carbonyl (C=O) groups is 2. The molecule has 0 spiro atoms. The number of nitrogens with zero attached hydrogens (tertiary/aromatic N) is 4. The van der Waals surface area contributed by atoms with Gasteiger partial charge in [0, 0.05) is 43.7 Å². The Kier molecular flexibility index (Phi) is 10.1. The molecule has 2 aromatic rings. The van der Waals surface area contributed by atoms with Gasteiger partial charge in [-0.2, -0.15) is 4.98 Å². The number of aryl methyl sites for hydroxylation is 1. The fraction of sp³-hybridized carbons (Fsp3) is 0.360. The van der Waals surface area contributed by atoms with Gasteiger partial charge in [0.1, 0.15) is 0 Å². The number of hydrogen-bond donors (Lipinski definition) is 2. The molecule has 0 saturated heterocycles. The Morgan fingerprint density at radius 3 is 2.94 bits per heavy atom. The molecule has 4 rings (SSSR count). The molecule has 190 valence electrons. The summed E-state index contributed by atoms with van der Waals surface area (Å²) in [6.45, 7) is 4.23. The van der Waals surface area contributed by atoms with Crippen LogP contribution in [-0.4, -0.2) is 41.7 Å². The minimum Gasteiger partial charge on any atom is -0.377 e. The molecule has 1 aliphatic heterocycles. The minimum absolute atomic E-state index is 0. The SMILES string of the molecule is CCOCc1cccc(-c2noc(CCC(=O)NCCCNC3=C4C=CC=CC4C(=O)N=N3)n2)c1.Cl. The van der Waals surface area contributed by atoms with Crippen molar-refractivity contribution in [2.45, 2.75) is 32.8 Å². The molecule has 1 atom stereocenters. The van der Waals surface area contributed by atoms with Crippen molar-refractivity contribution in [2.75, 3.05) is 19.7 Å². The summed E-state index contributed by atoms with van der Waals surface area (Å²) in [5.41, 5.74) is 2.70. The molecule has 1 unspecified atom stereocenters. The molecule has 36 heavy (non-hydrogen) atoms. The average Bonchev–Trinajstić information content (AvgIpc) is 3.37. The Bertz CT molecular complexity index is 1190. The van der Waals surface area contributed by atoms with Crippen molar-refractivity contribution in [1.82, 2.24) is 20.8 Å². The first-order valence-electron chi connectivity index (χ1n) is 11.7. The Morgan fingerprint density at radius 2 is 2.08 bits per heavy atom. The van der Waals surface area contributed by atoms with Gasteiger partial charge in [-0.3, -0.25) is 9.59 Å². The zero-order chi connectivity index (χ0) is 24.5. The lowest BCUT2D eigenvalue weighted by atomic mass is 9.93. The molecule has 11 heteroatoms. The van der Waals surface area contributed by atoms with Crippen LogP contribution in [0.4, 0.5) is 0 Å². The van der Waals surface area contributed by atoms with E-state index in [0.29, 0.717) is 56.7 Å². The quantitative estimate of drug-likeness (QED) is 0.415. The average molecular weight is 513 g/mol. The van der Waals surface area contributed by atoms with Gasteiger partial charge < -0.3 is 19.9 Å². The van der Waals surface area contributed by atoms with Gasteiger partial charge in [-0.25, -0.2) is 0 Å². The number of ether oxygens (including phenoxy) is 1. The number of aromatic nitrogens is 2. The number of hydrogen-bond acceptors (Lipinski definition) is 8. The van der Waals surface area contributed by atoms with Crippen LogP contribution in [0.3, 0.4) is 0 Å². The third-order valence-corrected chi connectivity index (χ3v) is 5.47. The maximum atomic E-state index is 12.2. The van der Waals surface area contributed by atoms with E-state index in [4.69, 9.17) is 9.26 Å². The molecule has 1 aromatic heterocycles. The van der Waals surface area contributed by atoms with Gasteiger partial charge in [-0.1, -0.05) is 47.7 Å². The lowest BCUT2D eigenvalue weighted by molar-refractivity contribution is -0.121. The van der Waals surface area contributed by atoms with Crippen molar-refractivity contribution in [3.63, 3.8) is 0 Å². The summed E-state index contributed by atoms with van der Waals surface area (Å²) in [5, 5.41) is 17.8. The van der Waals surface area contributed by atoms with E-state index in [9.17, 15) is 9.59 Å². The number of carbonyl (C=O) groups excluding carboxylic acids is 2. The summed E-state index contributed by atoms with van der Waals surface area (Å²) >= 11 is 0. The summed E-state index contributed by atoms with van der Waals surface area (Å²) in [6, 6.07) is 7.79. The molecule has 0 radical (unpaired) electrons. The lowest BCUT2D eigenvalue weighted by Crippen LogP contribution is -2.28. The van der Waals surface area contributed by atoms with Crippen molar-refractivity contribution >= 4 is 24.2 Å². The number of amides is 2. The second kappa shape index (κ2) is 13.5. The zero-order valence-electron chi connectivity index (χ0n) is 20.0. The first-order chi connectivity index (χ1) is 17.1. The predicted molar refractivity (Wildman–Crippen MR) is 135 cm³/mol. The van der Waals surface area contributed by atoms with Crippen molar-refractivity contribution in [2.24, 2.45) is 16.1 Å². The van der Waals surface area contributed by atoms with E-state index < -0.39 is 0 Å². The lowest BCUT2D eigenvalue weighted by Gasteiger charge is -2.20. The van der Waals surface area contributed by atoms with E-state index in [0.717, 1.165) is 16.7 Å². The molecule has 10 nitrogen and oxygen atoms in total. The maximum Gasteiger partial charge on any atom is 0.276 e. The largest absolute Gasteiger partial charge is 0.377 e. The fourth-order valence-electron chi connectivity index (χ4n) is 3.67. The summed E-state index contributed by atoms with van der Waals surface area (Å²) in [6.07, 6.45) is 8.68. The van der Waals surface area contributed by atoms with Crippen LogP contribution in [0.2, 0.25) is 0 Å². The molecule has 0 fully saturated rings. The highest BCUT2D eigenvalue weighted by Crippen LogP contribution is 2.27. The van der Waals surface area contributed by atoms with Gasteiger partial charge >= 0.3 is 0 Å². The highest BCUT2D eigenvalue weighted by atomic mass is 35.5. The number of azo groups is 1. The maximum absolute atomic E-state index is 12.2. The van der Waals surface area contributed by atoms with E-state index in [1.54, 1.807) is 0 Å². The molecule has 0 bridgehead atoms. The predicted octanol–water partition coefficient (Wildman–Crippen LogP) is 3.67. The van der Waals surface area contributed by atoms with Crippen LogP contribution in [0.5, 0.6) is 0 Å². The first-order valence-corrected chi connectivity index (χ1v) is 11.7. The van der Waals surface area contributed by atoms with Crippen LogP contribution in [0.1, 0.15) is 31.2 Å². The minimum atomic E-state index is -0.371. The van der Waals surface area contributed by atoms with E-state index in [2.05, 4.69) is 31.0 Å². The third kappa shape index (κ3) is 7.19. The van der Waals surface area contributed by atoms with Crippen LogP contribution in [0, 0.1) is 5.92 Å². The van der Waals surface area contributed by atoms with Crippen LogP contribution in [-0.2, 0) is 27.4 Å². The topological polar surface area (TPSA) is 131 Å². The van der Waals surface area contributed by atoms with Gasteiger partial charge in [0.2, 0.25) is 17.6 Å². The molecule has 1 aliphatic carbocycles. The number of halogens is 1. The second-order valence-corrected chi connectivity index (χ2v) is 8.04. The van der Waals surface area contributed by atoms with Crippen LogP contribution in [0.15, 0.2) is 74.7 Å². The van der Waals surface area contributed by atoms with Gasteiger partial charge in [-0.05, 0) is 25.0 Å². The highest BCUT2D eigenvalue weighted by molar-refractivity contribution is 5.86. The van der Waals surface area contributed by atoms with Crippen LogP contribution < -0.4 is 10.6 Å². The Labute approximate surface area is 215 Å². The monoisotopic (exact) mass is 512 g/mol. The van der Waals surface area contributed by atoms with Crippen molar-refractivity contribution in [3.8, 4) is 11.4 Å². The van der Waals surface area contributed by atoms with Gasteiger partial charge in [0.25, 0.3) is 5.91 Å². The summed E-state index contributed by atoms with van der Waals surface area (Å²) < 4.78 is 10.8. The van der Waals surface area contributed by atoms with E-state index in [-0.39, 0.29) is 36.6 Å². The summed E-state index contributed by atoms with van der Waals surface area (Å²) in [5.74, 6) is 0.783. The van der Waals surface area contributed by atoms with Crippen molar-refractivity contribution < 1.29 is 18.8 Å². The number of fused-ring (bicyclic) bond motifs is 1. The molecular weight excluding hydrogens is 484 g/mol. The Balaban J connectivity index is 0.00000361. The van der Waals surface area contributed by atoms with Gasteiger partial charge in [0.05, 0.1) is 12.5 Å². The molecule has 2 aliphatic rings. The fourth-order valence-corrected chi connectivity index (χ4v) is 3.67. The van der Waals surface area contributed by atoms with Gasteiger partial charge in [-0.15, -0.1) is 22.6 Å². The highest BCUT2D eigenvalue weighted by Gasteiger charge is 2.26. The molecule has 2 amide bonds. The number of rotatable bonds is 12. The van der Waals surface area contributed by atoms with E-state index in [1.165, 1.54) is 0 Å². The molecular formula is C25H29ClN6O4. The molecule has 2 heterocycles. The van der Waals surface area contributed by atoms with E-state index >= 15 is 0 Å². The number of allylic oxidation sites excluding steroid dienone is 3. The van der Waals surface area contributed by atoms with Crippen molar-refractivity contribution in [3.05, 3.63) is 71.4 Å². The Hall–Kier alpha value is -3.63. The summed E-state index contributed by atoms with van der Waals surface area (Å²) in [7, 11) is 0. The van der Waals surface area contributed by atoms with Crippen molar-refractivity contribution in [1.29, 1.82) is 0 Å². The van der Waals surface area contributed by atoms with Crippen LogP contribution in [0.25, 0.3) is 11.4 Å². The normalized spacial score (nSPS) is 16.0. The first kappa shape index (κ1) is 27.0. The Morgan fingerprint density at radius 1 is 1.19 bits per heavy atom. The van der Waals surface area contributed by atoms with Crippen LogP contribution >= 0.6 is 12.4 Å². The second-order valence-electron chi connectivity index (χ2n) is 8.04. The molecule has 0 saturated carbocycles. The smallest absolute Gasteiger partial charge is 0.276 e.